The van der Waals surface area contributed by atoms with Crippen molar-refractivity contribution in [2.24, 2.45) is 0 Å². The second-order valence-corrected chi connectivity index (χ2v) is 8.95. The molecule has 0 radical (unpaired) electrons. The van der Waals surface area contributed by atoms with E-state index in [1.54, 1.807) is 12.1 Å². The van der Waals surface area contributed by atoms with Gasteiger partial charge in [-0.05, 0) is 61.2 Å². The maximum atomic E-state index is 12.5. The third-order valence-electron chi connectivity index (χ3n) is 4.85. The Labute approximate surface area is 213 Å². The van der Waals surface area contributed by atoms with Crippen LogP contribution in [0.2, 0.25) is 5.02 Å². The number of amides is 1. The molecule has 1 amide bonds. The van der Waals surface area contributed by atoms with E-state index < -0.39 is 5.91 Å². The molecule has 0 saturated carbocycles. The minimum Gasteiger partial charge on any atom is -0.493 e. The summed E-state index contributed by atoms with van der Waals surface area (Å²) in [5, 5.41) is 21.3. The summed E-state index contributed by atoms with van der Waals surface area (Å²) in [6.07, 6.45) is 2.12. The molecular weight excluding hydrogens is 488 g/mol. The van der Waals surface area contributed by atoms with Crippen molar-refractivity contribution in [2.75, 3.05) is 25.6 Å². The van der Waals surface area contributed by atoms with E-state index in [9.17, 15) is 10.1 Å². The molecule has 10 heteroatoms. The van der Waals surface area contributed by atoms with Gasteiger partial charge in [0.1, 0.15) is 35.6 Å². The minimum atomic E-state index is -0.592. The van der Waals surface area contributed by atoms with Gasteiger partial charge < -0.3 is 14.2 Å². The average Bonchev–Trinajstić information content (AvgIpc) is 3.30. The first-order chi connectivity index (χ1) is 16.8. The number of ether oxygens (including phenoxy) is 3. The van der Waals surface area contributed by atoms with Crippen molar-refractivity contribution < 1.29 is 19.0 Å². The van der Waals surface area contributed by atoms with Crippen LogP contribution in [0.3, 0.4) is 0 Å². The van der Waals surface area contributed by atoms with Gasteiger partial charge in [0, 0.05) is 0 Å². The fraction of sp³-hybridized carbons (Fsp3) is 0.280. The number of anilines is 1. The molecule has 0 aliphatic carbocycles. The quantitative estimate of drug-likeness (QED) is 0.221. The monoisotopic (exact) mass is 512 g/mol. The van der Waals surface area contributed by atoms with Crippen molar-refractivity contribution in [1.82, 2.24) is 10.2 Å². The van der Waals surface area contributed by atoms with Gasteiger partial charge in [0.15, 0.2) is 11.5 Å². The number of carbonyl (C=O) groups excluding carboxylic acids is 1. The highest BCUT2D eigenvalue weighted by molar-refractivity contribution is 7.15. The number of methoxy groups -OCH3 is 1. The number of nitriles is 1. The fourth-order valence-electron chi connectivity index (χ4n) is 3.05. The molecule has 0 aliphatic rings. The summed E-state index contributed by atoms with van der Waals surface area (Å²) in [7, 11) is 1.48. The van der Waals surface area contributed by atoms with Gasteiger partial charge in [0.2, 0.25) is 5.13 Å². The topological polar surface area (TPSA) is 106 Å². The number of aromatic nitrogens is 2. The van der Waals surface area contributed by atoms with Crippen molar-refractivity contribution in [3.63, 3.8) is 0 Å². The third-order valence-corrected chi connectivity index (χ3v) is 6.11. The van der Waals surface area contributed by atoms with Crippen molar-refractivity contribution in [2.45, 2.75) is 27.2 Å². The summed E-state index contributed by atoms with van der Waals surface area (Å²) in [6.45, 7) is 6.48. The van der Waals surface area contributed by atoms with Crippen LogP contribution >= 0.6 is 22.9 Å². The van der Waals surface area contributed by atoms with Crippen LogP contribution in [0.5, 0.6) is 17.2 Å². The lowest BCUT2D eigenvalue weighted by atomic mass is 10.1. The SMILES string of the molecule is CCc1nnc(NC(=O)C(C#N)=Cc2cc(Cl)c(OCCOc3cc(C)ccc3C)c(OC)c2)s1. The van der Waals surface area contributed by atoms with E-state index in [0.29, 0.717) is 35.2 Å². The third kappa shape index (κ3) is 6.94. The molecule has 0 fully saturated rings. The zero-order valence-corrected chi connectivity index (χ0v) is 21.4. The van der Waals surface area contributed by atoms with E-state index >= 15 is 0 Å². The van der Waals surface area contributed by atoms with Crippen molar-refractivity contribution in [3.8, 4) is 23.3 Å². The predicted molar refractivity (Wildman–Crippen MR) is 136 cm³/mol. The molecule has 3 aromatic rings. The second-order valence-electron chi connectivity index (χ2n) is 7.48. The van der Waals surface area contributed by atoms with Crippen LogP contribution in [-0.2, 0) is 11.2 Å². The first kappa shape index (κ1) is 26.0. The van der Waals surface area contributed by atoms with Crippen molar-refractivity contribution in [3.05, 3.63) is 62.6 Å². The number of halogens is 1. The number of benzene rings is 2. The van der Waals surface area contributed by atoms with E-state index in [4.69, 9.17) is 25.8 Å². The lowest BCUT2D eigenvalue weighted by Crippen LogP contribution is -2.13. The van der Waals surface area contributed by atoms with E-state index in [1.807, 2.05) is 45.0 Å². The van der Waals surface area contributed by atoms with Crippen molar-refractivity contribution in [1.29, 1.82) is 5.26 Å². The summed E-state index contributed by atoms with van der Waals surface area (Å²) in [4.78, 5) is 12.5. The van der Waals surface area contributed by atoms with Crippen LogP contribution in [-0.4, -0.2) is 36.4 Å². The molecule has 0 atom stereocenters. The van der Waals surface area contributed by atoms with E-state index in [2.05, 4.69) is 15.5 Å². The average molecular weight is 513 g/mol. The summed E-state index contributed by atoms with van der Waals surface area (Å²) in [6, 6.07) is 11.1. The van der Waals surface area contributed by atoms with Gasteiger partial charge in [-0.15, -0.1) is 10.2 Å². The van der Waals surface area contributed by atoms with Crippen LogP contribution in [0.4, 0.5) is 5.13 Å². The second kappa shape index (κ2) is 12.2. The van der Waals surface area contributed by atoms with Crippen molar-refractivity contribution >= 4 is 40.1 Å². The standard InChI is InChI=1S/C25H25ClN4O4S/c1-5-22-29-30-25(35-22)28-24(31)18(14-27)11-17-12-19(26)23(21(13-17)32-4)34-9-8-33-20-10-15(2)6-7-16(20)3/h6-7,10-13H,5,8-9H2,1-4H3,(H,28,30,31). The van der Waals surface area contributed by atoms with Crippen LogP contribution in [0.1, 0.15) is 28.6 Å². The minimum absolute atomic E-state index is 0.119. The summed E-state index contributed by atoms with van der Waals surface area (Å²) < 4.78 is 17.1. The Bertz CT molecular complexity index is 1280. The van der Waals surface area contributed by atoms with Gasteiger partial charge in [-0.1, -0.05) is 42.0 Å². The molecule has 182 valence electrons. The highest BCUT2D eigenvalue weighted by atomic mass is 35.5. The van der Waals surface area contributed by atoms with Gasteiger partial charge in [0.05, 0.1) is 12.1 Å². The first-order valence-corrected chi connectivity index (χ1v) is 12.0. The van der Waals surface area contributed by atoms with E-state index in [0.717, 1.165) is 21.9 Å². The lowest BCUT2D eigenvalue weighted by Gasteiger charge is -2.15. The Kier molecular flexibility index (Phi) is 9.06. The van der Waals surface area contributed by atoms with E-state index in [1.165, 1.54) is 24.5 Å². The summed E-state index contributed by atoms with van der Waals surface area (Å²) in [5.74, 6) is 0.920. The Morgan fingerprint density at radius 3 is 2.63 bits per heavy atom. The number of carbonyl (C=O) groups is 1. The molecule has 2 aromatic carbocycles. The zero-order valence-electron chi connectivity index (χ0n) is 19.8. The van der Waals surface area contributed by atoms with Crippen LogP contribution in [0, 0.1) is 25.2 Å². The molecule has 1 N–H and O–H groups in total. The fourth-order valence-corrected chi connectivity index (χ4v) is 4.00. The van der Waals surface area contributed by atoms with Crippen LogP contribution in [0.15, 0.2) is 35.9 Å². The maximum absolute atomic E-state index is 12.5. The highest BCUT2D eigenvalue weighted by Gasteiger charge is 2.16. The molecule has 1 aromatic heterocycles. The molecule has 0 saturated heterocycles. The summed E-state index contributed by atoms with van der Waals surface area (Å²) in [5.41, 5.74) is 2.53. The van der Waals surface area contributed by atoms with Crippen LogP contribution in [0.25, 0.3) is 6.08 Å². The molecule has 3 rings (SSSR count). The highest BCUT2D eigenvalue weighted by Crippen LogP contribution is 2.37. The molecule has 35 heavy (non-hydrogen) atoms. The number of rotatable bonds is 10. The smallest absolute Gasteiger partial charge is 0.268 e. The molecule has 0 aliphatic heterocycles. The van der Waals surface area contributed by atoms with Gasteiger partial charge in [-0.2, -0.15) is 5.26 Å². The molecular formula is C25H25ClN4O4S. The molecule has 1 heterocycles. The van der Waals surface area contributed by atoms with Gasteiger partial charge in [0.25, 0.3) is 5.91 Å². The van der Waals surface area contributed by atoms with Gasteiger partial charge in [-0.25, -0.2) is 0 Å². The largest absolute Gasteiger partial charge is 0.493 e. The Morgan fingerprint density at radius 1 is 1.17 bits per heavy atom. The van der Waals surface area contributed by atoms with Gasteiger partial charge >= 0.3 is 0 Å². The maximum Gasteiger partial charge on any atom is 0.268 e. The van der Waals surface area contributed by atoms with Gasteiger partial charge in [-0.3, -0.25) is 10.1 Å². The molecule has 0 spiro atoms. The van der Waals surface area contributed by atoms with E-state index in [-0.39, 0.29) is 17.2 Å². The summed E-state index contributed by atoms with van der Waals surface area (Å²) >= 11 is 7.69. The number of aryl methyl sites for hydroxylation is 3. The Hall–Kier alpha value is -3.61. The molecule has 8 nitrogen and oxygen atoms in total. The predicted octanol–water partition coefficient (Wildman–Crippen LogP) is 5.38. The number of nitrogens with zero attached hydrogens (tertiary/aromatic N) is 3. The zero-order chi connectivity index (χ0) is 25.4. The lowest BCUT2D eigenvalue weighted by molar-refractivity contribution is -0.112. The molecule has 0 bridgehead atoms. The Balaban J connectivity index is 1.69. The molecule has 0 unspecified atom stereocenters. The Morgan fingerprint density at radius 2 is 1.94 bits per heavy atom. The number of hydrogen-bond donors (Lipinski definition) is 1. The number of hydrogen-bond acceptors (Lipinski definition) is 8. The first-order valence-electron chi connectivity index (χ1n) is 10.8. The normalized spacial score (nSPS) is 11.0. The van der Waals surface area contributed by atoms with Crippen LogP contribution < -0.4 is 19.5 Å². The number of nitrogens with one attached hydrogen (secondary N) is 1.